The Balaban J connectivity index is 0.000000120. The number of carbonyl (C=O) groups excluding carboxylic acids is 3. The van der Waals surface area contributed by atoms with Crippen molar-refractivity contribution in [3.8, 4) is 0 Å². The van der Waals surface area contributed by atoms with Gasteiger partial charge in [-0.1, -0.05) is 159 Å². The minimum atomic E-state index is -3.54. The maximum atomic E-state index is 13.4. The summed E-state index contributed by atoms with van der Waals surface area (Å²) >= 11 is 0. The predicted octanol–water partition coefficient (Wildman–Crippen LogP) is 26.5. The van der Waals surface area contributed by atoms with Crippen LogP contribution in [0.4, 0.5) is 52.7 Å². The summed E-state index contributed by atoms with van der Waals surface area (Å²) in [6.45, 7) is 16.7. The second kappa shape index (κ2) is 39.9. The van der Waals surface area contributed by atoms with Gasteiger partial charge in [0.15, 0.2) is 61.4 Å². The van der Waals surface area contributed by atoms with E-state index < -0.39 is 127 Å². The fraction of sp³-hybridized carbons (Fsp3) is 0.486. The van der Waals surface area contributed by atoms with E-state index in [1.54, 1.807) is 0 Å². The Morgan fingerprint density at radius 3 is 0.500 bits per heavy atom. The van der Waals surface area contributed by atoms with Gasteiger partial charge in [-0.05, 0) is 286 Å². The molecule has 12 bridgehead atoms. The average molecular weight is 1970 g/mol. The largest absolute Gasteiger partial charge is 0.455 e. The van der Waals surface area contributed by atoms with Crippen molar-refractivity contribution >= 4 is 50.6 Å². The fourth-order valence-electron chi connectivity index (χ4n) is 23.1. The maximum absolute atomic E-state index is 13.4. The molecule has 0 aromatic heterocycles. The Bertz CT molecular complexity index is 4760. The third-order valence-electron chi connectivity index (χ3n) is 29.2. The first-order valence-electron chi connectivity index (χ1n) is 47.6. The Kier molecular flexibility index (Phi) is 29.6. The summed E-state index contributed by atoms with van der Waals surface area (Å²) in [7, 11) is -0.118. The molecule has 138 heavy (non-hydrogen) atoms. The number of alkyl halides is 12. The van der Waals surface area contributed by atoms with Crippen LogP contribution in [0.2, 0.25) is 0 Å². The topological polar surface area (TPSA) is 134 Å². The number of halogens is 12. The molecule has 12 saturated carbocycles. The third kappa shape index (κ3) is 23.0. The van der Waals surface area contributed by atoms with Crippen molar-refractivity contribution in [1.29, 1.82) is 0 Å². The molecular weight excluding hydrogens is 1850 g/mol. The summed E-state index contributed by atoms with van der Waals surface area (Å²) in [5, 5.41) is 0. The molecule has 0 amide bonds. The van der Waals surface area contributed by atoms with Crippen LogP contribution in [0.25, 0.3) is 0 Å². The van der Waals surface area contributed by atoms with Crippen molar-refractivity contribution in [3.63, 3.8) is 0 Å². The highest BCUT2D eigenvalue weighted by Crippen LogP contribution is 2.67. The van der Waals surface area contributed by atoms with E-state index in [-0.39, 0.29) is 85.9 Å². The van der Waals surface area contributed by atoms with E-state index in [0.717, 1.165) is 38.5 Å². The summed E-state index contributed by atoms with van der Waals surface area (Å²) in [4.78, 5) is 47.4. The first-order valence-corrected chi connectivity index (χ1v) is 51.3. The molecule has 15 aliphatic rings. The van der Waals surface area contributed by atoms with Crippen LogP contribution >= 0.6 is 0 Å². The fourth-order valence-corrected chi connectivity index (χ4v) is 29.2. The molecule has 27 heteroatoms. The summed E-state index contributed by atoms with van der Waals surface area (Å²) in [6, 6.07) is 80.4. The van der Waals surface area contributed by atoms with E-state index in [2.05, 4.69) is 281 Å². The van der Waals surface area contributed by atoms with Crippen LogP contribution in [-0.4, -0.2) is 127 Å². The molecule has 0 N–H and O–H groups in total. The van der Waals surface area contributed by atoms with E-state index in [4.69, 9.17) is 42.6 Å². The molecule has 3 heterocycles. The van der Waals surface area contributed by atoms with E-state index in [9.17, 15) is 67.1 Å². The van der Waals surface area contributed by atoms with Gasteiger partial charge in [0.05, 0.1) is 32.7 Å². The monoisotopic (exact) mass is 1970 g/mol. The molecule has 3 saturated heterocycles. The van der Waals surface area contributed by atoms with E-state index in [0.29, 0.717) is 78.6 Å². The molecule has 9 aromatic rings. The Hall–Kier alpha value is -8.64. The van der Waals surface area contributed by atoms with Gasteiger partial charge >= 0.3 is 35.7 Å². The number of benzene rings is 9. The molecule has 15 fully saturated rings. The average Bonchev–Trinajstić information content (AvgIpc) is 0.708. The molecule has 738 valence electrons. The van der Waals surface area contributed by atoms with Gasteiger partial charge in [-0.25, -0.2) is 40.7 Å². The number of esters is 3. The third-order valence-corrected chi connectivity index (χ3v) is 35.9. The van der Waals surface area contributed by atoms with Crippen molar-refractivity contribution in [2.45, 2.75) is 293 Å². The van der Waals surface area contributed by atoms with Crippen LogP contribution in [0.3, 0.4) is 0 Å². The SMILES string of the molecule is CC(F)(F)C(=O)OC12CC3CC(C1)C1(OCC(F)(F)CO1)C(C3)C2.CC(F)(F)C(=O)OC12CC3CC(C1)C1(OCC(F)(F)CO1)C(C3)C2.CC(F)(F)C(=O)OC12CC3CC(C1)C1(OCC(F)(F)CO1)C(C3)C2.Cc1ccc([S+](c2ccc(C)cc2)c2ccc(C)cc2)cc1.Cc1ccc([S+](c2ccc(C)cc2)c2ccc(C)cc2)cc1.Cc1ccc([S+](c2ccc(C)cc2)c2ccc(C)cc2)cc1. The van der Waals surface area contributed by atoms with Crippen LogP contribution in [0, 0.1) is 116 Å². The summed E-state index contributed by atoms with van der Waals surface area (Å²) in [5.41, 5.74) is 8.93. The molecular formula is C111H123F12O12S3+3. The molecule has 3 aliphatic heterocycles. The van der Waals surface area contributed by atoms with Crippen LogP contribution < -0.4 is 0 Å². The number of hydrogen-bond donors (Lipinski definition) is 0. The Morgan fingerprint density at radius 1 is 0.246 bits per heavy atom. The van der Waals surface area contributed by atoms with Gasteiger partial charge in [0.25, 0.3) is 17.8 Å². The van der Waals surface area contributed by atoms with Crippen LogP contribution in [0.5, 0.6) is 0 Å². The number of carbonyl (C=O) groups is 3. The smallest absolute Gasteiger partial charge is 0.377 e. The van der Waals surface area contributed by atoms with Crippen LogP contribution in [0.1, 0.15) is 167 Å². The lowest BCUT2D eigenvalue weighted by Gasteiger charge is -2.64. The van der Waals surface area contributed by atoms with Crippen molar-refractivity contribution in [1.82, 2.24) is 0 Å². The highest BCUT2D eigenvalue weighted by atomic mass is 32.2. The van der Waals surface area contributed by atoms with E-state index >= 15 is 0 Å². The highest BCUT2D eigenvalue weighted by Gasteiger charge is 2.72. The van der Waals surface area contributed by atoms with Gasteiger partial charge in [0.2, 0.25) is 0 Å². The number of aryl methyl sites for hydroxylation is 9. The maximum Gasteiger partial charge on any atom is 0.377 e. The van der Waals surface area contributed by atoms with Crippen molar-refractivity contribution in [2.75, 3.05) is 39.6 Å². The molecule has 24 rings (SSSR count). The van der Waals surface area contributed by atoms with Crippen molar-refractivity contribution in [3.05, 3.63) is 268 Å². The normalized spacial score (nSPS) is 27.3. The highest BCUT2D eigenvalue weighted by molar-refractivity contribution is 7.97. The number of ether oxygens (including phenoxy) is 9. The number of hydrogen-bond acceptors (Lipinski definition) is 12. The van der Waals surface area contributed by atoms with Crippen LogP contribution in [0.15, 0.2) is 262 Å². The zero-order chi connectivity index (χ0) is 98.7. The molecule has 9 aromatic carbocycles. The first kappa shape index (κ1) is 102. The lowest BCUT2D eigenvalue weighted by atomic mass is 9.51. The molecule has 12 nitrogen and oxygen atoms in total. The zero-order valence-electron chi connectivity index (χ0n) is 80.0. The molecule has 3 spiro atoms. The van der Waals surface area contributed by atoms with Gasteiger partial charge in [-0.3, -0.25) is 0 Å². The summed E-state index contributed by atoms with van der Waals surface area (Å²) < 4.78 is 208. The van der Waals surface area contributed by atoms with Crippen LogP contribution in [-0.2, 0) is 89.7 Å². The van der Waals surface area contributed by atoms with E-state index in [1.165, 1.54) is 94.1 Å². The lowest BCUT2D eigenvalue weighted by Crippen LogP contribution is -2.69. The predicted molar refractivity (Wildman–Crippen MR) is 505 cm³/mol. The molecule has 0 radical (unpaired) electrons. The quantitative estimate of drug-likeness (QED) is 0.0418. The van der Waals surface area contributed by atoms with Gasteiger partial charge in [0.1, 0.15) is 56.4 Å². The summed E-state index contributed by atoms with van der Waals surface area (Å²) in [6.07, 6.45) is 7.97. The number of rotatable bonds is 15. The molecule has 6 atom stereocenters. The zero-order valence-corrected chi connectivity index (χ0v) is 82.4. The standard InChI is InChI=1S/3C21H21S.3C16H20F4O4/c3*1-16-4-10-19(11-5-16)22(20-12-6-17(2)7-13-20)21-14-8-18(3)9-15-21;3*1-13(17,18)12(21)24-14-4-9-2-10(5-14)16(11(3-9)6-14)22-7-15(19,20)8-23-16/h3*4-15H,1-3H3;3*9-11H,2-8H2,1H3/q3*+1;;;. The van der Waals surface area contributed by atoms with Gasteiger partial charge in [-0.15, -0.1) is 0 Å². The lowest BCUT2D eigenvalue weighted by molar-refractivity contribution is -0.405. The van der Waals surface area contributed by atoms with Gasteiger partial charge in [0, 0.05) is 56.3 Å². The minimum absolute atomic E-state index is 0.0394. The van der Waals surface area contributed by atoms with Crippen molar-refractivity contribution < 1.29 is 110 Å². The second-order valence-electron chi connectivity index (χ2n) is 41.1. The first-order chi connectivity index (χ1) is 65.0. The van der Waals surface area contributed by atoms with Gasteiger partial charge < -0.3 is 42.6 Å². The Labute approximate surface area is 809 Å². The second-order valence-corrected chi connectivity index (χ2v) is 47.2. The minimum Gasteiger partial charge on any atom is -0.455 e. The van der Waals surface area contributed by atoms with Gasteiger partial charge in [-0.2, -0.15) is 26.3 Å². The Morgan fingerprint density at radius 2 is 0.377 bits per heavy atom. The molecule has 12 aliphatic carbocycles. The summed E-state index contributed by atoms with van der Waals surface area (Å²) in [5.74, 6) is -28.0. The van der Waals surface area contributed by atoms with Crippen molar-refractivity contribution in [2.24, 2.45) is 53.3 Å². The molecule has 6 unspecified atom stereocenters. The van der Waals surface area contributed by atoms with E-state index in [1.807, 2.05) is 0 Å².